The number of hydrogen-bond donors (Lipinski definition) is 1. The molecule has 0 atom stereocenters. The Hall–Kier alpha value is -2.58. The first-order valence-electron chi connectivity index (χ1n) is 6.63. The van der Waals surface area contributed by atoms with Gasteiger partial charge in [0.1, 0.15) is 10.9 Å². The van der Waals surface area contributed by atoms with E-state index in [2.05, 4.69) is 28.6 Å². The van der Waals surface area contributed by atoms with Gasteiger partial charge in [-0.25, -0.2) is 0 Å². The number of rotatable bonds is 5. The van der Waals surface area contributed by atoms with Crippen molar-refractivity contribution >= 4 is 17.0 Å². The summed E-state index contributed by atoms with van der Waals surface area (Å²) in [5.41, 5.74) is 2.29. The van der Waals surface area contributed by atoms with Gasteiger partial charge in [-0.2, -0.15) is 10.4 Å². The molecule has 104 valence electrons. The van der Waals surface area contributed by atoms with Gasteiger partial charge >= 0.3 is 0 Å². The van der Waals surface area contributed by atoms with Crippen molar-refractivity contribution in [2.75, 3.05) is 5.32 Å². The third kappa shape index (κ3) is 3.30. The van der Waals surface area contributed by atoms with Crippen LogP contribution in [0.15, 0.2) is 54.9 Å². The normalized spacial score (nSPS) is 10.2. The van der Waals surface area contributed by atoms with Crippen molar-refractivity contribution in [1.82, 2.24) is 9.78 Å². The fourth-order valence-electron chi connectivity index (χ4n) is 2.11. The zero-order valence-corrected chi connectivity index (χ0v) is 12.2. The molecule has 3 rings (SSSR count). The van der Waals surface area contributed by atoms with Crippen LogP contribution in [0, 0.1) is 11.3 Å². The van der Waals surface area contributed by atoms with Gasteiger partial charge in [-0.05, 0) is 29.8 Å². The lowest BCUT2D eigenvalue weighted by Gasteiger charge is -2.11. The van der Waals surface area contributed by atoms with Gasteiger partial charge in [0.15, 0.2) is 0 Å². The van der Waals surface area contributed by atoms with Gasteiger partial charge < -0.3 is 5.32 Å². The number of para-hydroxylation sites is 1. The van der Waals surface area contributed by atoms with Crippen LogP contribution in [0.5, 0.6) is 0 Å². The van der Waals surface area contributed by atoms with Crippen LogP contribution < -0.4 is 5.32 Å². The highest BCUT2D eigenvalue weighted by Gasteiger charge is 2.04. The minimum absolute atomic E-state index is 0.725. The molecule has 21 heavy (non-hydrogen) atoms. The molecule has 0 fully saturated rings. The van der Waals surface area contributed by atoms with E-state index < -0.39 is 0 Å². The molecule has 0 amide bonds. The molecular weight excluding hydrogens is 280 g/mol. The Morgan fingerprint density at radius 1 is 1.19 bits per heavy atom. The van der Waals surface area contributed by atoms with E-state index in [0.717, 1.165) is 28.5 Å². The summed E-state index contributed by atoms with van der Waals surface area (Å²) >= 11 is 1.52. The summed E-state index contributed by atoms with van der Waals surface area (Å²) in [6.07, 6.45) is 3.74. The van der Waals surface area contributed by atoms with Gasteiger partial charge in [0, 0.05) is 29.5 Å². The molecule has 0 aliphatic carbocycles. The number of nitrogens with zero attached hydrogens (tertiary/aromatic N) is 3. The van der Waals surface area contributed by atoms with Crippen molar-refractivity contribution < 1.29 is 0 Å². The Balaban J connectivity index is 1.71. The van der Waals surface area contributed by atoms with E-state index in [1.54, 1.807) is 6.20 Å². The van der Waals surface area contributed by atoms with E-state index in [-0.39, 0.29) is 0 Å². The second-order valence-corrected chi connectivity index (χ2v) is 5.76. The fraction of sp³-hybridized carbons (Fsp3) is 0.125. The van der Waals surface area contributed by atoms with Gasteiger partial charge in [0.05, 0.1) is 6.54 Å². The highest BCUT2D eigenvalue weighted by atomic mass is 32.1. The zero-order chi connectivity index (χ0) is 14.5. The lowest BCUT2D eigenvalue weighted by atomic mass is 10.1. The van der Waals surface area contributed by atoms with Gasteiger partial charge in [0.2, 0.25) is 0 Å². The number of anilines is 1. The van der Waals surface area contributed by atoms with Crippen LogP contribution in [0.1, 0.15) is 15.3 Å². The third-order valence-corrected chi connectivity index (χ3v) is 4.12. The monoisotopic (exact) mass is 294 g/mol. The van der Waals surface area contributed by atoms with Crippen molar-refractivity contribution in [3.63, 3.8) is 0 Å². The van der Waals surface area contributed by atoms with Crippen LogP contribution in [-0.4, -0.2) is 9.78 Å². The second-order valence-electron chi connectivity index (χ2n) is 4.59. The number of benzene rings is 1. The van der Waals surface area contributed by atoms with Crippen LogP contribution in [0.25, 0.3) is 0 Å². The molecule has 0 saturated carbocycles. The molecular formula is C16H14N4S. The SMILES string of the molecule is N#Cc1ccc(CNc2ccccc2Cn2cccn2)s1. The molecule has 0 unspecified atom stereocenters. The number of nitriles is 1. The first-order chi connectivity index (χ1) is 10.3. The molecule has 1 N–H and O–H groups in total. The lowest BCUT2D eigenvalue weighted by molar-refractivity contribution is 0.687. The van der Waals surface area contributed by atoms with Gasteiger partial charge in [-0.1, -0.05) is 18.2 Å². The molecule has 2 aromatic heterocycles. The Kier molecular flexibility index (Phi) is 3.99. The van der Waals surface area contributed by atoms with E-state index in [9.17, 15) is 0 Å². The average Bonchev–Trinajstić information content (AvgIpc) is 3.17. The Bertz CT molecular complexity index is 753. The molecule has 0 saturated heterocycles. The lowest BCUT2D eigenvalue weighted by Crippen LogP contribution is -2.05. The van der Waals surface area contributed by atoms with Crippen LogP contribution in [-0.2, 0) is 13.1 Å². The molecule has 1 aromatic carbocycles. The molecule has 3 aromatic rings. The smallest absolute Gasteiger partial charge is 0.110 e. The molecule has 4 nitrogen and oxygen atoms in total. The zero-order valence-electron chi connectivity index (χ0n) is 11.4. The first-order valence-corrected chi connectivity index (χ1v) is 7.45. The van der Waals surface area contributed by atoms with E-state index in [1.807, 2.05) is 41.2 Å². The topological polar surface area (TPSA) is 53.6 Å². The summed E-state index contributed by atoms with van der Waals surface area (Å²) in [4.78, 5) is 1.90. The highest BCUT2D eigenvalue weighted by molar-refractivity contribution is 7.12. The summed E-state index contributed by atoms with van der Waals surface area (Å²) in [6.45, 7) is 1.46. The van der Waals surface area contributed by atoms with Crippen LogP contribution in [0.3, 0.4) is 0 Å². The molecule has 0 aliphatic rings. The molecule has 0 aliphatic heterocycles. The number of hydrogen-bond acceptors (Lipinski definition) is 4. The number of aromatic nitrogens is 2. The van der Waals surface area contributed by atoms with Crippen LogP contribution in [0.2, 0.25) is 0 Å². The van der Waals surface area contributed by atoms with Gasteiger partial charge in [0.25, 0.3) is 0 Å². The van der Waals surface area contributed by atoms with E-state index in [1.165, 1.54) is 16.9 Å². The van der Waals surface area contributed by atoms with Crippen molar-refractivity contribution in [3.8, 4) is 6.07 Å². The van der Waals surface area contributed by atoms with E-state index in [4.69, 9.17) is 5.26 Å². The predicted molar refractivity (Wildman–Crippen MR) is 84.1 cm³/mol. The Labute approximate surface area is 127 Å². The number of nitrogens with one attached hydrogen (secondary N) is 1. The van der Waals surface area contributed by atoms with E-state index in [0.29, 0.717) is 0 Å². The summed E-state index contributed by atoms with van der Waals surface area (Å²) in [5.74, 6) is 0. The van der Waals surface area contributed by atoms with Crippen LogP contribution >= 0.6 is 11.3 Å². The maximum absolute atomic E-state index is 8.85. The van der Waals surface area contributed by atoms with E-state index >= 15 is 0 Å². The molecule has 0 bridgehead atoms. The highest BCUT2D eigenvalue weighted by Crippen LogP contribution is 2.20. The summed E-state index contributed by atoms with van der Waals surface area (Å²) in [6, 6.07) is 16.2. The largest absolute Gasteiger partial charge is 0.380 e. The molecule has 0 radical (unpaired) electrons. The fourth-order valence-corrected chi connectivity index (χ4v) is 2.86. The van der Waals surface area contributed by atoms with Crippen molar-refractivity contribution in [2.24, 2.45) is 0 Å². The maximum Gasteiger partial charge on any atom is 0.110 e. The van der Waals surface area contributed by atoms with Crippen molar-refractivity contribution in [2.45, 2.75) is 13.1 Å². The Morgan fingerprint density at radius 3 is 2.86 bits per heavy atom. The minimum atomic E-state index is 0.725. The molecule has 5 heteroatoms. The number of thiophene rings is 1. The third-order valence-electron chi connectivity index (χ3n) is 3.13. The predicted octanol–water partition coefficient (Wildman–Crippen LogP) is 3.48. The van der Waals surface area contributed by atoms with Gasteiger partial charge in [-0.3, -0.25) is 4.68 Å². The van der Waals surface area contributed by atoms with Crippen molar-refractivity contribution in [3.05, 3.63) is 70.2 Å². The second kappa shape index (κ2) is 6.25. The standard InChI is InChI=1S/C16H14N4S/c17-10-14-6-7-15(21-14)11-18-16-5-2-1-4-13(16)12-20-9-3-8-19-20/h1-9,18H,11-12H2. The maximum atomic E-state index is 8.85. The van der Waals surface area contributed by atoms with Gasteiger partial charge in [-0.15, -0.1) is 11.3 Å². The molecule has 0 spiro atoms. The first kappa shape index (κ1) is 13.4. The minimum Gasteiger partial charge on any atom is -0.380 e. The summed E-state index contributed by atoms with van der Waals surface area (Å²) in [7, 11) is 0. The summed E-state index contributed by atoms with van der Waals surface area (Å²) < 4.78 is 1.90. The summed E-state index contributed by atoms with van der Waals surface area (Å²) in [5, 5.41) is 16.5. The van der Waals surface area contributed by atoms with Crippen molar-refractivity contribution in [1.29, 1.82) is 5.26 Å². The van der Waals surface area contributed by atoms with Crippen LogP contribution in [0.4, 0.5) is 5.69 Å². The Morgan fingerprint density at radius 2 is 2.10 bits per heavy atom. The average molecular weight is 294 g/mol. The quantitative estimate of drug-likeness (QED) is 0.784. The molecule has 2 heterocycles.